The summed E-state index contributed by atoms with van der Waals surface area (Å²) in [6.07, 6.45) is 0. The normalized spacial score (nSPS) is 11.7. The van der Waals surface area contributed by atoms with Crippen LogP contribution in [0, 0.1) is 0 Å². The maximum atomic E-state index is 10.3. The predicted octanol–water partition coefficient (Wildman–Crippen LogP) is 0.0334. The van der Waals surface area contributed by atoms with Crippen molar-refractivity contribution in [3.8, 4) is 0 Å². The Morgan fingerprint density at radius 3 is 1.43 bits per heavy atom. The van der Waals surface area contributed by atoms with Gasteiger partial charge < -0.3 is 0 Å². The van der Waals surface area contributed by atoms with Crippen LogP contribution < -0.4 is 0 Å². The van der Waals surface area contributed by atoms with Crippen LogP contribution in [0.25, 0.3) is 0 Å². The van der Waals surface area contributed by atoms with E-state index < -0.39 is 10.4 Å². The summed E-state index contributed by atoms with van der Waals surface area (Å²) in [5.41, 5.74) is 0. The molecule has 0 fully saturated rings. The van der Waals surface area contributed by atoms with Gasteiger partial charge in [-0.05, 0) is 17.8 Å². The minimum absolute atomic E-state index is 1.96. The fourth-order valence-electron chi connectivity index (χ4n) is 0.00972. The Kier molecular flexibility index (Phi) is 2.06. The number of hydrogen-bond donors (Lipinski definition) is 0. The average molecular weight is 134 g/mol. The van der Waals surface area contributed by atoms with Crippen LogP contribution in [0.4, 0.5) is 9.05 Å². The zero-order chi connectivity index (χ0) is 5.91. The van der Waals surface area contributed by atoms with Crippen molar-refractivity contribution in [2.24, 2.45) is 0 Å². The summed E-state index contributed by atoms with van der Waals surface area (Å²) in [5.74, 6) is 0. The molecule has 0 N–H and O–H groups in total. The van der Waals surface area contributed by atoms with Gasteiger partial charge in [0.1, 0.15) is 0 Å². The summed E-state index contributed by atoms with van der Waals surface area (Å²) in [5, 5.41) is 0. The first-order valence-corrected chi connectivity index (χ1v) is 2.31. The van der Waals surface area contributed by atoms with Crippen LogP contribution in [-0.4, -0.2) is 8.42 Å². The SMILES string of the molecule is O=S(=O)(OF)OF. The van der Waals surface area contributed by atoms with E-state index in [9.17, 15) is 17.5 Å². The molecule has 0 saturated heterocycles. The Bertz CT molecular complexity index is 113. The zero-order valence-corrected chi connectivity index (χ0v) is 3.61. The van der Waals surface area contributed by atoms with E-state index in [1.165, 1.54) is 0 Å². The Morgan fingerprint density at radius 2 is 1.43 bits per heavy atom. The van der Waals surface area contributed by atoms with Crippen molar-refractivity contribution in [2.75, 3.05) is 0 Å². The van der Waals surface area contributed by atoms with Crippen LogP contribution in [-0.2, 0) is 19.2 Å². The lowest BCUT2D eigenvalue weighted by molar-refractivity contribution is -0.0770. The first-order chi connectivity index (χ1) is 3.12. The van der Waals surface area contributed by atoms with Crippen molar-refractivity contribution in [1.82, 2.24) is 0 Å². The Balaban J connectivity index is 3.89. The van der Waals surface area contributed by atoms with Crippen LogP contribution in [0.1, 0.15) is 0 Å². The molecule has 0 radical (unpaired) electrons. The van der Waals surface area contributed by atoms with Crippen molar-refractivity contribution in [2.45, 2.75) is 0 Å². The van der Waals surface area contributed by atoms with Crippen LogP contribution in [0.15, 0.2) is 0 Å². The van der Waals surface area contributed by atoms with Crippen LogP contribution in [0.2, 0.25) is 0 Å². The second kappa shape index (κ2) is 2.15. The molecule has 4 nitrogen and oxygen atoms in total. The summed E-state index contributed by atoms with van der Waals surface area (Å²) in [7, 11) is -4.99. The van der Waals surface area contributed by atoms with E-state index in [0.717, 1.165) is 0 Å². The Labute approximate surface area is 37.8 Å². The van der Waals surface area contributed by atoms with Crippen LogP contribution in [0.5, 0.6) is 0 Å². The van der Waals surface area contributed by atoms with Crippen molar-refractivity contribution < 1.29 is 26.2 Å². The van der Waals surface area contributed by atoms with Crippen molar-refractivity contribution >= 4 is 10.4 Å². The van der Waals surface area contributed by atoms with Gasteiger partial charge in [-0.1, -0.05) is 0 Å². The molecule has 0 aliphatic heterocycles. The van der Waals surface area contributed by atoms with E-state index in [2.05, 4.69) is 0 Å². The highest BCUT2D eigenvalue weighted by Gasteiger charge is 2.10. The number of hydrogen-bond acceptors (Lipinski definition) is 4. The van der Waals surface area contributed by atoms with E-state index in [4.69, 9.17) is 0 Å². The van der Waals surface area contributed by atoms with E-state index in [1.807, 2.05) is 8.78 Å². The molecule has 0 spiro atoms. The average Bonchev–Trinajstić information content (AvgIpc) is 1.68. The first kappa shape index (κ1) is 6.73. The van der Waals surface area contributed by atoms with Gasteiger partial charge in [0, 0.05) is 0 Å². The molecule has 0 saturated carbocycles. The van der Waals surface area contributed by atoms with Crippen LogP contribution >= 0.6 is 0 Å². The molecule has 0 aromatic carbocycles. The highest BCUT2D eigenvalue weighted by Crippen LogP contribution is 1.94. The second-order valence-corrected chi connectivity index (χ2v) is 1.60. The van der Waals surface area contributed by atoms with E-state index >= 15 is 0 Å². The lowest BCUT2D eigenvalue weighted by Crippen LogP contribution is -1.97. The van der Waals surface area contributed by atoms with Crippen molar-refractivity contribution in [3.05, 3.63) is 0 Å². The first-order valence-electron chi connectivity index (χ1n) is 0.975. The van der Waals surface area contributed by atoms with E-state index in [0.29, 0.717) is 0 Å². The lowest BCUT2D eigenvalue weighted by atomic mass is 15.6. The van der Waals surface area contributed by atoms with Gasteiger partial charge in [-0.2, -0.15) is 8.42 Å². The maximum Gasteiger partial charge on any atom is 0.461 e. The molecule has 0 heterocycles. The minimum Gasteiger partial charge on any atom is -0.164 e. The topological polar surface area (TPSA) is 52.6 Å². The third-order valence-corrected chi connectivity index (χ3v) is 0.463. The highest BCUT2D eigenvalue weighted by atomic mass is 32.3. The molecule has 0 aromatic heterocycles. The molecule has 0 aliphatic rings. The van der Waals surface area contributed by atoms with Crippen molar-refractivity contribution in [3.63, 3.8) is 0 Å². The van der Waals surface area contributed by atoms with Gasteiger partial charge in [0.2, 0.25) is 0 Å². The van der Waals surface area contributed by atoms with Gasteiger partial charge >= 0.3 is 10.4 Å². The molecular formula is F2O4S. The molecule has 44 valence electrons. The molecule has 0 amide bonds. The molecule has 0 atom stereocenters. The Morgan fingerprint density at radius 1 is 1.14 bits per heavy atom. The molecule has 0 bridgehead atoms. The van der Waals surface area contributed by atoms with Gasteiger partial charge in [-0.3, -0.25) is 0 Å². The summed E-state index contributed by atoms with van der Waals surface area (Å²) in [6.45, 7) is 0. The summed E-state index contributed by atoms with van der Waals surface area (Å²) < 4.78 is 42.9. The monoisotopic (exact) mass is 134 g/mol. The largest absolute Gasteiger partial charge is 0.461 e. The summed E-state index contributed by atoms with van der Waals surface area (Å²) in [6, 6.07) is 0. The van der Waals surface area contributed by atoms with Gasteiger partial charge in [0.05, 0.1) is 0 Å². The minimum atomic E-state index is -4.99. The third-order valence-electron chi connectivity index (χ3n) is 0.154. The number of rotatable bonds is 2. The molecule has 7 heteroatoms. The fourth-order valence-corrected chi connectivity index (χ4v) is 0.0292. The van der Waals surface area contributed by atoms with Crippen LogP contribution in [0.3, 0.4) is 0 Å². The molecule has 0 rings (SSSR count). The summed E-state index contributed by atoms with van der Waals surface area (Å²) >= 11 is 0. The molecular weight excluding hydrogens is 134 g/mol. The lowest BCUT2D eigenvalue weighted by Gasteiger charge is -1.81. The third kappa shape index (κ3) is 2.43. The second-order valence-electron chi connectivity index (χ2n) is 0.534. The standard InChI is InChI=1S/F2O4S/c1-5-7(3,4)6-2. The predicted molar refractivity (Wildman–Crippen MR) is 13.3 cm³/mol. The fraction of sp³-hybridized carbons (Fsp3) is 0. The van der Waals surface area contributed by atoms with Gasteiger partial charge in [0.25, 0.3) is 0 Å². The molecule has 7 heavy (non-hydrogen) atoms. The van der Waals surface area contributed by atoms with Crippen molar-refractivity contribution in [1.29, 1.82) is 0 Å². The quantitative estimate of drug-likeness (QED) is 0.534. The Hall–Kier alpha value is -0.270. The molecule has 0 aliphatic carbocycles. The number of halogens is 2. The molecule has 0 unspecified atom stereocenters. The van der Waals surface area contributed by atoms with Gasteiger partial charge in [-0.25, -0.2) is 0 Å². The molecule has 0 aromatic rings. The summed E-state index contributed by atoms with van der Waals surface area (Å²) in [4.78, 5) is 0. The van der Waals surface area contributed by atoms with E-state index in [1.54, 1.807) is 0 Å². The highest BCUT2D eigenvalue weighted by molar-refractivity contribution is 7.81. The smallest absolute Gasteiger partial charge is 0.164 e. The zero-order valence-electron chi connectivity index (χ0n) is 2.80. The van der Waals surface area contributed by atoms with Gasteiger partial charge in [0.15, 0.2) is 0 Å². The maximum absolute atomic E-state index is 10.3. The van der Waals surface area contributed by atoms with Gasteiger partial charge in [-0.15, -0.1) is 0 Å². The van der Waals surface area contributed by atoms with E-state index in [-0.39, 0.29) is 0 Å².